The first-order chi connectivity index (χ1) is 9.86. The second-order valence-electron chi connectivity index (χ2n) is 7.06. The smallest absolute Gasteiger partial charge is 0.252 e. The van der Waals surface area contributed by atoms with Crippen LogP contribution in [0, 0.1) is 0 Å². The molecule has 1 atom stereocenters. The molecule has 1 aliphatic carbocycles. The Morgan fingerprint density at radius 2 is 1.71 bits per heavy atom. The molecular formula is C17H22N2O2. The molecule has 0 aromatic heterocycles. The van der Waals surface area contributed by atoms with Gasteiger partial charge >= 0.3 is 0 Å². The van der Waals surface area contributed by atoms with Gasteiger partial charge in [-0.2, -0.15) is 0 Å². The summed E-state index contributed by atoms with van der Waals surface area (Å²) in [5.41, 5.74) is 2.26. The quantitative estimate of drug-likeness (QED) is 0.869. The van der Waals surface area contributed by atoms with E-state index in [1.54, 1.807) is 0 Å². The standard InChI is InChI=1S/C17H22N2O2/c1-17(2,3)11-4-6-12(7-5-11)18-14-10-15(20)19(16(14)21)13-8-9-13/h4-7,13-14,18H,8-10H2,1-3H3/t14-/m1/s1. The Hall–Kier alpha value is -1.84. The largest absolute Gasteiger partial charge is 0.373 e. The lowest BCUT2D eigenvalue weighted by Gasteiger charge is -2.20. The van der Waals surface area contributed by atoms with Crippen LogP contribution in [0.25, 0.3) is 0 Å². The number of anilines is 1. The van der Waals surface area contributed by atoms with Gasteiger partial charge < -0.3 is 5.32 Å². The molecule has 4 nitrogen and oxygen atoms in total. The number of carbonyl (C=O) groups is 2. The van der Waals surface area contributed by atoms with Crippen LogP contribution in [0.4, 0.5) is 5.69 Å². The SMILES string of the molecule is CC(C)(C)c1ccc(N[C@@H]2CC(=O)N(C3CC3)C2=O)cc1. The van der Waals surface area contributed by atoms with E-state index in [2.05, 4.69) is 38.2 Å². The summed E-state index contributed by atoms with van der Waals surface area (Å²) in [6.07, 6.45) is 2.20. The molecule has 21 heavy (non-hydrogen) atoms. The Bertz CT molecular complexity index is 567. The molecule has 112 valence electrons. The fourth-order valence-electron chi connectivity index (χ4n) is 2.75. The summed E-state index contributed by atoms with van der Waals surface area (Å²) in [6.45, 7) is 6.51. The Morgan fingerprint density at radius 3 is 2.24 bits per heavy atom. The maximum Gasteiger partial charge on any atom is 0.252 e. The second kappa shape index (κ2) is 4.86. The van der Waals surface area contributed by atoms with E-state index in [-0.39, 0.29) is 29.7 Å². The molecule has 2 amide bonds. The molecule has 0 radical (unpaired) electrons. The minimum atomic E-state index is -0.404. The number of rotatable bonds is 3. The van der Waals surface area contributed by atoms with Gasteiger partial charge in [0.25, 0.3) is 5.91 Å². The number of carbonyl (C=O) groups excluding carboxylic acids is 2. The highest BCUT2D eigenvalue weighted by atomic mass is 16.2. The van der Waals surface area contributed by atoms with Crippen molar-refractivity contribution < 1.29 is 9.59 Å². The van der Waals surface area contributed by atoms with E-state index in [1.165, 1.54) is 10.5 Å². The van der Waals surface area contributed by atoms with Gasteiger partial charge in [-0.1, -0.05) is 32.9 Å². The van der Waals surface area contributed by atoms with E-state index in [4.69, 9.17) is 0 Å². The van der Waals surface area contributed by atoms with E-state index in [9.17, 15) is 9.59 Å². The molecule has 1 N–H and O–H groups in total. The van der Waals surface area contributed by atoms with E-state index in [1.807, 2.05) is 12.1 Å². The maximum absolute atomic E-state index is 12.3. The molecule has 1 aliphatic heterocycles. The van der Waals surface area contributed by atoms with Crippen LogP contribution in [-0.2, 0) is 15.0 Å². The monoisotopic (exact) mass is 286 g/mol. The van der Waals surface area contributed by atoms with Gasteiger partial charge in [-0.25, -0.2) is 0 Å². The molecule has 2 aliphatic rings. The molecular weight excluding hydrogens is 264 g/mol. The van der Waals surface area contributed by atoms with Crippen molar-refractivity contribution in [2.45, 2.75) is 57.5 Å². The molecule has 1 aromatic carbocycles. The Balaban J connectivity index is 1.69. The van der Waals surface area contributed by atoms with Gasteiger partial charge in [0.1, 0.15) is 6.04 Å². The van der Waals surface area contributed by atoms with Crippen molar-refractivity contribution >= 4 is 17.5 Å². The van der Waals surface area contributed by atoms with Crippen molar-refractivity contribution in [1.29, 1.82) is 0 Å². The normalized spacial score (nSPS) is 22.8. The van der Waals surface area contributed by atoms with Gasteiger partial charge in [-0.05, 0) is 36.0 Å². The lowest BCUT2D eigenvalue weighted by Crippen LogP contribution is -2.36. The Morgan fingerprint density at radius 1 is 1.10 bits per heavy atom. The molecule has 1 aromatic rings. The number of hydrogen-bond donors (Lipinski definition) is 1. The van der Waals surface area contributed by atoms with Gasteiger partial charge in [0.05, 0.1) is 6.42 Å². The Kier molecular flexibility index (Phi) is 3.27. The van der Waals surface area contributed by atoms with Gasteiger partial charge in [0.2, 0.25) is 5.91 Å². The molecule has 2 fully saturated rings. The molecule has 0 bridgehead atoms. The summed E-state index contributed by atoms with van der Waals surface area (Å²) in [6, 6.07) is 7.87. The minimum Gasteiger partial charge on any atom is -0.373 e. The predicted octanol–water partition coefficient (Wildman–Crippen LogP) is 2.69. The van der Waals surface area contributed by atoms with Crippen LogP contribution in [0.5, 0.6) is 0 Å². The van der Waals surface area contributed by atoms with E-state index in [0.29, 0.717) is 0 Å². The summed E-state index contributed by atoms with van der Waals surface area (Å²) in [4.78, 5) is 25.6. The third kappa shape index (κ3) is 2.80. The number of benzene rings is 1. The van der Waals surface area contributed by atoms with Crippen LogP contribution < -0.4 is 5.32 Å². The van der Waals surface area contributed by atoms with Crippen molar-refractivity contribution in [1.82, 2.24) is 4.90 Å². The van der Waals surface area contributed by atoms with E-state index < -0.39 is 6.04 Å². The Labute approximate surface area is 125 Å². The maximum atomic E-state index is 12.3. The number of nitrogens with zero attached hydrogens (tertiary/aromatic N) is 1. The van der Waals surface area contributed by atoms with Gasteiger partial charge in [0, 0.05) is 11.7 Å². The second-order valence-corrected chi connectivity index (χ2v) is 7.06. The zero-order valence-corrected chi connectivity index (χ0v) is 12.8. The molecule has 1 saturated heterocycles. The number of likely N-dealkylation sites (tertiary alicyclic amines) is 1. The van der Waals surface area contributed by atoms with Gasteiger partial charge in [-0.15, -0.1) is 0 Å². The lowest BCUT2D eigenvalue weighted by molar-refractivity contribution is -0.139. The topological polar surface area (TPSA) is 49.4 Å². The third-order valence-electron chi connectivity index (χ3n) is 4.19. The molecule has 1 heterocycles. The van der Waals surface area contributed by atoms with Crippen LogP contribution in [0.1, 0.15) is 45.6 Å². The van der Waals surface area contributed by atoms with Crippen molar-refractivity contribution in [3.63, 3.8) is 0 Å². The van der Waals surface area contributed by atoms with Crippen molar-refractivity contribution in [2.75, 3.05) is 5.32 Å². The molecule has 0 spiro atoms. The average molecular weight is 286 g/mol. The zero-order valence-electron chi connectivity index (χ0n) is 12.8. The summed E-state index contributed by atoms with van der Waals surface area (Å²) in [5, 5.41) is 3.20. The van der Waals surface area contributed by atoms with Crippen LogP contribution in [0.2, 0.25) is 0 Å². The van der Waals surface area contributed by atoms with Crippen molar-refractivity contribution in [3.05, 3.63) is 29.8 Å². The van der Waals surface area contributed by atoms with Crippen molar-refractivity contribution in [2.24, 2.45) is 0 Å². The van der Waals surface area contributed by atoms with Gasteiger partial charge in [-0.3, -0.25) is 14.5 Å². The van der Waals surface area contributed by atoms with Crippen LogP contribution in [0.15, 0.2) is 24.3 Å². The summed E-state index contributed by atoms with van der Waals surface area (Å²) in [5.74, 6) is -0.103. The highest BCUT2D eigenvalue weighted by Gasteiger charge is 2.46. The first kappa shape index (κ1) is 14.1. The highest BCUT2D eigenvalue weighted by Crippen LogP contribution is 2.32. The van der Waals surface area contributed by atoms with Crippen LogP contribution in [-0.4, -0.2) is 28.8 Å². The predicted molar refractivity (Wildman–Crippen MR) is 82.0 cm³/mol. The number of hydrogen-bond acceptors (Lipinski definition) is 3. The average Bonchev–Trinajstić information content (AvgIpc) is 3.18. The molecule has 4 heteroatoms. The first-order valence-electron chi connectivity index (χ1n) is 7.59. The fourth-order valence-corrected chi connectivity index (χ4v) is 2.75. The number of nitrogens with one attached hydrogen (secondary N) is 1. The molecule has 3 rings (SSSR count). The fraction of sp³-hybridized carbons (Fsp3) is 0.529. The first-order valence-corrected chi connectivity index (χ1v) is 7.59. The van der Waals surface area contributed by atoms with E-state index in [0.717, 1.165) is 18.5 Å². The number of imide groups is 1. The minimum absolute atomic E-state index is 0.0358. The summed E-state index contributed by atoms with van der Waals surface area (Å²) < 4.78 is 0. The van der Waals surface area contributed by atoms with Crippen LogP contribution >= 0.6 is 0 Å². The summed E-state index contributed by atoms with van der Waals surface area (Å²) >= 11 is 0. The van der Waals surface area contributed by atoms with E-state index >= 15 is 0 Å². The highest BCUT2D eigenvalue weighted by molar-refractivity contribution is 6.07. The number of amides is 2. The van der Waals surface area contributed by atoms with Gasteiger partial charge in [0.15, 0.2) is 0 Å². The van der Waals surface area contributed by atoms with Crippen molar-refractivity contribution in [3.8, 4) is 0 Å². The summed E-state index contributed by atoms with van der Waals surface area (Å²) in [7, 11) is 0. The van der Waals surface area contributed by atoms with Crippen LogP contribution in [0.3, 0.4) is 0 Å². The zero-order chi connectivity index (χ0) is 15.2. The molecule has 0 unspecified atom stereocenters. The molecule has 1 saturated carbocycles. The lowest BCUT2D eigenvalue weighted by atomic mass is 9.87. The third-order valence-corrected chi connectivity index (χ3v) is 4.19.